The number of nitrogens with one attached hydrogen (secondary N) is 1. The number of carboxylic acids is 1. The van der Waals surface area contributed by atoms with Gasteiger partial charge in [0.2, 0.25) is 0 Å². The minimum absolute atomic E-state index is 0.251. The Morgan fingerprint density at radius 1 is 0.775 bits per heavy atom. The van der Waals surface area contributed by atoms with Gasteiger partial charge in [0.05, 0.1) is 17.5 Å². The van der Waals surface area contributed by atoms with Gasteiger partial charge in [-0.1, -0.05) is 30.3 Å². The maximum absolute atomic E-state index is 12.8. The number of hydrogen-bond acceptors (Lipinski definition) is 3. The lowest BCUT2D eigenvalue weighted by Gasteiger charge is -2.13. The molecule has 1 amide bonds. The molecule has 3 aromatic carbocycles. The summed E-state index contributed by atoms with van der Waals surface area (Å²) in [5, 5.41) is 13.5. The van der Waals surface area contributed by atoms with Gasteiger partial charge in [-0.25, -0.2) is 10.2 Å². The van der Waals surface area contributed by atoms with Crippen molar-refractivity contribution in [3.8, 4) is 22.6 Å². The van der Waals surface area contributed by atoms with Crippen molar-refractivity contribution in [1.82, 2.24) is 14.6 Å². The van der Waals surface area contributed by atoms with Crippen LogP contribution < -0.4 is 5.43 Å². The van der Waals surface area contributed by atoms with Gasteiger partial charge in [0.15, 0.2) is 0 Å². The zero-order chi connectivity index (χ0) is 28.4. The summed E-state index contributed by atoms with van der Waals surface area (Å²) >= 11 is 0. The fraction of sp³-hybridized carbons (Fsp3) is 0.121. The Morgan fingerprint density at radius 2 is 1.48 bits per heavy atom. The third kappa shape index (κ3) is 5.09. The van der Waals surface area contributed by atoms with E-state index < -0.39 is 5.97 Å². The smallest absolute Gasteiger partial charge is 0.335 e. The van der Waals surface area contributed by atoms with Crippen molar-refractivity contribution in [1.29, 1.82) is 0 Å². The first-order valence-corrected chi connectivity index (χ1v) is 13.0. The molecule has 0 aliphatic carbocycles. The molecule has 7 nitrogen and oxygen atoms in total. The highest BCUT2D eigenvalue weighted by Gasteiger charge is 2.14. The number of benzene rings is 3. The number of carboxylic acid groups (broad SMARTS) is 1. The van der Waals surface area contributed by atoms with Crippen LogP contribution in [-0.4, -0.2) is 32.3 Å². The van der Waals surface area contributed by atoms with Crippen LogP contribution in [0.1, 0.15) is 48.9 Å². The zero-order valence-electron chi connectivity index (χ0n) is 22.8. The molecule has 0 radical (unpaired) electrons. The fourth-order valence-corrected chi connectivity index (χ4v) is 5.03. The molecule has 0 spiro atoms. The van der Waals surface area contributed by atoms with Crippen molar-refractivity contribution in [2.45, 2.75) is 27.7 Å². The number of aryl methyl sites for hydroxylation is 3. The number of rotatable bonds is 7. The summed E-state index contributed by atoms with van der Waals surface area (Å²) in [4.78, 5) is 24.1. The summed E-state index contributed by atoms with van der Waals surface area (Å²) < 4.78 is 4.22. The van der Waals surface area contributed by atoms with Gasteiger partial charge in [0, 0.05) is 39.6 Å². The second kappa shape index (κ2) is 10.9. The van der Waals surface area contributed by atoms with Gasteiger partial charge in [-0.15, -0.1) is 0 Å². The molecule has 0 fully saturated rings. The summed E-state index contributed by atoms with van der Waals surface area (Å²) in [6.07, 6.45) is 1.63. The lowest BCUT2D eigenvalue weighted by atomic mass is 10.1. The topological polar surface area (TPSA) is 88.6 Å². The lowest BCUT2D eigenvalue weighted by molar-refractivity contribution is 0.0696. The van der Waals surface area contributed by atoms with Gasteiger partial charge < -0.3 is 14.2 Å². The van der Waals surface area contributed by atoms with Gasteiger partial charge in [-0.3, -0.25) is 4.79 Å². The van der Waals surface area contributed by atoms with Crippen LogP contribution >= 0.6 is 0 Å². The quantitative estimate of drug-likeness (QED) is 0.183. The Labute approximate surface area is 233 Å². The molecule has 0 aliphatic heterocycles. The molecule has 0 aliphatic rings. The van der Waals surface area contributed by atoms with E-state index in [9.17, 15) is 14.7 Å². The molecule has 0 bridgehead atoms. The lowest BCUT2D eigenvalue weighted by Crippen LogP contribution is -2.17. The summed E-state index contributed by atoms with van der Waals surface area (Å²) in [5.41, 5.74) is 12.2. The summed E-state index contributed by atoms with van der Waals surface area (Å²) in [6, 6.07) is 28.9. The molecular formula is C33H30N4O3. The molecule has 0 saturated carbocycles. The van der Waals surface area contributed by atoms with Crippen LogP contribution in [0, 0.1) is 27.7 Å². The number of nitrogens with zero attached hydrogens (tertiary/aromatic N) is 3. The maximum Gasteiger partial charge on any atom is 0.335 e. The normalized spacial score (nSPS) is 11.2. The van der Waals surface area contributed by atoms with E-state index in [-0.39, 0.29) is 11.5 Å². The van der Waals surface area contributed by atoms with Crippen LogP contribution in [-0.2, 0) is 0 Å². The van der Waals surface area contributed by atoms with Crippen LogP contribution in [0.25, 0.3) is 22.6 Å². The van der Waals surface area contributed by atoms with E-state index in [1.54, 1.807) is 30.5 Å². The number of carbonyl (C=O) groups is 2. The Kier molecular flexibility index (Phi) is 7.21. The van der Waals surface area contributed by atoms with Gasteiger partial charge in [-0.05, 0) is 99.5 Å². The summed E-state index contributed by atoms with van der Waals surface area (Å²) in [6.45, 7) is 7.89. The van der Waals surface area contributed by atoms with Gasteiger partial charge in [0.1, 0.15) is 0 Å². The maximum atomic E-state index is 12.8. The number of carbonyl (C=O) groups excluding carboxylic acids is 1. The number of hydrazone groups is 1. The van der Waals surface area contributed by atoms with Crippen molar-refractivity contribution in [2.75, 3.05) is 0 Å². The Morgan fingerprint density at radius 3 is 2.15 bits per heavy atom. The van der Waals surface area contributed by atoms with Crippen LogP contribution in [0.3, 0.4) is 0 Å². The Hall–Kier alpha value is -5.17. The Balaban J connectivity index is 1.31. The first-order valence-electron chi connectivity index (χ1n) is 13.0. The molecule has 2 aromatic heterocycles. The second-order valence-corrected chi connectivity index (χ2v) is 9.78. The van der Waals surface area contributed by atoms with Crippen molar-refractivity contribution >= 4 is 18.1 Å². The van der Waals surface area contributed by atoms with E-state index in [0.717, 1.165) is 50.8 Å². The van der Waals surface area contributed by atoms with Crippen molar-refractivity contribution in [2.24, 2.45) is 5.10 Å². The van der Waals surface area contributed by atoms with Crippen LogP contribution in [0.5, 0.6) is 0 Å². The molecule has 2 heterocycles. The molecule has 2 N–H and O–H groups in total. The number of aromatic nitrogens is 2. The Bertz CT molecular complexity index is 1740. The van der Waals surface area contributed by atoms with E-state index in [2.05, 4.69) is 50.9 Å². The third-order valence-corrected chi connectivity index (χ3v) is 7.06. The summed E-state index contributed by atoms with van der Waals surface area (Å²) in [5.74, 6) is -1.25. The van der Waals surface area contributed by atoms with Crippen molar-refractivity contribution < 1.29 is 14.7 Å². The average molecular weight is 531 g/mol. The molecule has 40 heavy (non-hydrogen) atoms. The predicted octanol–water partition coefficient (Wildman–Crippen LogP) is 6.63. The summed E-state index contributed by atoms with van der Waals surface area (Å²) in [7, 11) is 0. The molecule has 0 saturated heterocycles. The zero-order valence-corrected chi connectivity index (χ0v) is 22.8. The van der Waals surface area contributed by atoms with E-state index in [4.69, 9.17) is 0 Å². The number of aromatic carboxylic acids is 1. The highest BCUT2D eigenvalue weighted by Crippen LogP contribution is 2.27. The molecule has 0 atom stereocenters. The highest BCUT2D eigenvalue weighted by molar-refractivity contribution is 5.95. The van der Waals surface area contributed by atoms with E-state index in [0.29, 0.717) is 5.56 Å². The molecule has 7 heteroatoms. The van der Waals surface area contributed by atoms with E-state index >= 15 is 0 Å². The SMILES string of the molecule is Cc1cc(C(=O)O)ccc1-n1c(C)cc(/C=N/NC(=O)c2ccc(-n3c(C)ccc3-c3ccccc3)cc2)c1C. The second-order valence-electron chi connectivity index (χ2n) is 9.78. The monoisotopic (exact) mass is 530 g/mol. The largest absolute Gasteiger partial charge is 0.478 e. The van der Waals surface area contributed by atoms with Crippen LogP contribution in [0.4, 0.5) is 0 Å². The van der Waals surface area contributed by atoms with E-state index in [1.165, 1.54) is 0 Å². The first-order chi connectivity index (χ1) is 19.2. The van der Waals surface area contributed by atoms with Gasteiger partial charge >= 0.3 is 5.97 Å². The third-order valence-electron chi connectivity index (χ3n) is 7.06. The minimum Gasteiger partial charge on any atom is -0.478 e. The molecule has 5 aromatic rings. The van der Waals surface area contributed by atoms with Crippen LogP contribution in [0.15, 0.2) is 96.1 Å². The van der Waals surface area contributed by atoms with Crippen molar-refractivity contribution in [3.63, 3.8) is 0 Å². The van der Waals surface area contributed by atoms with E-state index in [1.807, 2.05) is 63.2 Å². The standard InChI is InChI=1S/C33H30N4O3/c1-21-18-27(33(39)40)13-17-30(21)36-23(3)19-28(24(36)4)20-34-35-32(38)26-11-14-29(15-12-26)37-22(2)10-16-31(37)25-8-6-5-7-9-25/h5-20H,1-4H3,(H,35,38)(H,39,40)/b34-20+. The van der Waals surface area contributed by atoms with Crippen LogP contribution in [0.2, 0.25) is 0 Å². The number of amides is 1. The minimum atomic E-state index is -0.953. The molecule has 5 rings (SSSR count). The molecule has 0 unspecified atom stereocenters. The first kappa shape index (κ1) is 26.4. The van der Waals surface area contributed by atoms with Gasteiger partial charge in [-0.2, -0.15) is 5.10 Å². The fourth-order valence-electron chi connectivity index (χ4n) is 5.03. The van der Waals surface area contributed by atoms with Crippen molar-refractivity contribution in [3.05, 3.63) is 130 Å². The average Bonchev–Trinajstić information content (AvgIpc) is 3.47. The molecular weight excluding hydrogens is 500 g/mol. The highest BCUT2D eigenvalue weighted by atomic mass is 16.4. The number of hydrogen-bond donors (Lipinski definition) is 2. The molecule has 200 valence electrons. The predicted molar refractivity (Wildman–Crippen MR) is 158 cm³/mol. The van der Waals surface area contributed by atoms with Gasteiger partial charge in [0.25, 0.3) is 5.91 Å².